The molecule has 2 aromatic carbocycles. The van der Waals surface area contributed by atoms with Gasteiger partial charge >= 0.3 is 0 Å². The van der Waals surface area contributed by atoms with Crippen LogP contribution in [0.4, 0.5) is 5.69 Å². The SMILES string of the molecule is CCOc1ccc(NC(=O)[C@H](Cc2ccccc2)NC(=O)[C@]2(CS)CC[C@H](OCC)CC2)cc1. The van der Waals surface area contributed by atoms with Gasteiger partial charge in [-0.1, -0.05) is 30.3 Å². The highest BCUT2D eigenvalue weighted by Crippen LogP contribution is 2.39. The maximum Gasteiger partial charge on any atom is 0.247 e. The molecule has 2 aromatic rings. The lowest BCUT2D eigenvalue weighted by Gasteiger charge is -2.38. The van der Waals surface area contributed by atoms with E-state index in [4.69, 9.17) is 9.47 Å². The summed E-state index contributed by atoms with van der Waals surface area (Å²) in [5.74, 6) is 0.822. The second-order valence-electron chi connectivity index (χ2n) is 8.76. The van der Waals surface area contributed by atoms with Crippen molar-refractivity contribution in [3.05, 3.63) is 60.2 Å². The molecular formula is C27H36N2O4S. The first kappa shape index (κ1) is 26.1. The van der Waals surface area contributed by atoms with Crippen molar-refractivity contribution in [1.82, 2.24) is 5.32 Å². The topological polar surface area (TPSA) is 76.7 Å². The molecule has 1 aliphatic rings. The number of hydrogen-bond acceptors (Lipinski definition) is 5. The number of anilines is 1. The minimum atomic E-state index is -0.706. The van der Waals surface area contributed by atoms with E-state index in [9.17, 15) is 9.59 Å². The number of amides is 2. The number of ether oxygens (including phenoxy) is 2. The molecule has 184 valence electrons. The Morgan fingerprint density at radius 1 is 1.03 bits per heavy atom. The van der Waals surface area contributed by atoms with Crippen molar-refractivity contribution in [1.29, 1.82) is 0 Å². The third-order valence-corrected chi connectivity index (χ3v) is 7.02. The molecule has 6 nitrogen and oxygen atoms in total. The number of carbonyl (C=O) groups excluding carboxylic acids is 2. The van der Waals surface area contributed by atoms with E-state index in [2.05, 4.69) is 23.3 Å². The van der Waals surface area contributed by atoms with Gasteiger partial charge in [-0.3, -0.25) is 9.59 Å². The zero-order valence-corrected chi connectivity index (χ0v) is 21.0. The lowest BCUT2D eigenvalue weighted by atomic mass is 9.73. The first-order valence-electron chi connectivity index (χ1n) is 12.1. The van der Waals surface area contributed by atoms with Gasteiger partial charge in [-0.15, -0.1) is 0 Å². The molecule has 1 aliphatic carbocycles. The van der Waals surface area contributed by atoms with E-state index in [1.165, 1.54) is 0 Å². The predicted molar refractivity (Wildman–Crippen MR) is 138 cm³/mol. The van der Waals surface area contributed by atoms with Crippen molar-refractivity contribution < 1.29 is 19.1 Å². The van der Waals surface area contributed by atoms with Gasteiger partial charge < -0.3 is 20.1 Å². The number of hydrogen-bond donors (Lipinski definition) is 3. The van der Waals surface area contributed by atoms with Crippen LogP contribution in [0.3, 0.4) is 0 Å². The van der Waals surface area contributed by atoms with Crippen LogP contribution in [-0.4, -0.2) is 42.9 Å². The summed E-state index contributed by atoms with van der Waals surface area (Å²) in [5, 5.41) is 6.01. The Balaban J connectivity index is 1.73. The molecule has 0 unspecified atom stereocenters. The van der Waals surface area contributed by atoms with Crippen molar-refractivity contribution >= 4 is 30.1 Å². The van der Waals surface area contributed by atoms with Gasteiger partial charge in [-0.2, -0.15) is 12.6 Å². The van der Waals surface area contributed by atoms with E-state index < -0.39 is 11.5 Å². The van der Waals surface area contributed by atoms with Crippen molar-refractivity contribution in [3.8, 4) is 5.75 Å². The average molecular weight is 485 g/mol. The highest BCUT2D eigenvalue weighted by molar-refractivity contribution is 7.80. The molecule has 0 aliphatic heterocycles. The van der Waals surface area contributed by atoms with Crippen LogP contribution in [0.25, 0.3) is 0 Å². The molecule has 7 heteroatoms. The molecule has 0 heterocycles. The predicted octanol–water partition coefficient (Wildman–Crippen LogP) is 4.65. The van der Waals surface area contributed by atoms with Crippen molar-refractivity contribution in [2.45, 2.75) is 58.1 Å². The second-order valence-corrected chi connectivity index (χ2v) is 9.07. The zero-order chi connectivity index (χ0) is 24.4. The Hall–Kier alpha value is -2.51. The molecule has 2 N–H and O–H groups in total. The van der Waals surface area contributed by atoms with Gasteiger partial charge in [0.15, 0.2) is 0 Å². The molecular weight excluding hydrogens is 448 g/mol. The van der Waals surface area contributed by atoms with Gasteiger partial charge in [0.1, 0.15) is 11.8 Å². The van der Waals surface area contributed by atoms with Gasteiger partial charge in [0.05, 0.1) is 18.1 Å². The number of rotatable bonds is 11. The Bertz CT molecular complexity index is 912. The van der Waals surface area contributed by atoms with Crippen molar-refractivity contribution in [2.75, 3.05) is 24.3 Å². The van der Waals surface area contributed by atoms with Gasteiger partial charge in [-0.25, -0.2) is 0 Å². The molecule has 0 bridgehead atoms. The minimum Gasteiger partial charge on any atom is -0.494 e. The van der Waals surface area contributed by atoms with E-state index in [-0.39, 0.29) is 17.9 Å². The summed E-state index contributed by atoms with van der Waals surface area (Å²) in [7, 11) is 0. The van der Waals surface area contributed by atoms with Gasteiger partial charge in [0, 0.05) is 24.5 Å². The van der Waals surface area contributed by atoms with Crippen LogP contribution < -0.4 is 15.4 Å². The third kappa shape index (κ3) is 7.00. The van der Waals surface area contributed by atoms with Crippen molar-refractivity contribution in [2.24, 2.45) is 5.41 Å². The third-order valence-electron chi connectivity index (χ3n) is 6.41. The fourth-order valence-corrected chi connectivity index (χ4v) is 4.86. The fourth-order valence-electron chi connectivity index (χ4n) is 4.40. The lowest BCUT2D eigenvalue weighted by molar-refractivity contribution is -0.136. The Morgan fingerprint density at radius 3 is 2.29 bits per heavy atom. The van der Waals surface area contributed by atoms with Gasteiger partial charge in [-0.05, 0) is 69.4 Å². The van der Waals surface area contributed by atoms with E-state index in [1.54, 1.807) is 12.1 Å². The molecule has 1 fully saturated rings. The van der Waals surface area contributed by atoms with Crippen LogP contribution in [0.1, 0.15) is 45.1 Å². The number of nitrogens with one attached hydrogen (secondary N) is 2. The Morgan fingerprint density at radius 2 is 1.71 bits per heavy atom. The summed E-state index contributed by atoms with van der Waals surface area (Å²) in [5.41, 5.74) is 1.04. The smallest absolute Gasteiger partial charge is 0.247 e. The first-order valence-corrected chi connectivity index (χ1v) is 12.7. The van der Waals surface area contributed by atoms with E-state index in [1.807, 2.05) is 56.3 Å². The lowest BCUT2D eigenvalue weighted by Crippen LogP contribution is -2.53. The molecule has 0 saturated heterocycles. The molecule has 0 radical (unpaired) electrons. The average Bonchev–Trinajstić information content (AvgIpc) is 2.86. The highest BCUT2D eigenvalue weighted by atomic mass is 32.1. The van der Waals surface area contributed by atoms with Crippen LogP contribution in [-0.2, 0) is 20.7 Å². The van der Waals surface area contributed by atoms with Crippen LogP contribution >= 0.6 is 12.6 Å². The number of thiol groups is 1. The van der Waals surface area contributed by atoms with Gasteiger partial charge in [0.25, 0.3) is 0 Å². The zero-order valence-electron chi connectivity index (χ0n) is 20.1. The maximum absolute atomic E-state index is 13.5. The van der Waals surface area contributed by atoms with E-state index in [0.29, 0.717) is 43.9 Å². The molecule has 34 heavy (non-hydrogen) atoms. The molecule has 3 rings (SSSR count). The summed E-state index contributed by atoms with van der Waals surface area (Å²) < 4.78 is 11.2. The second kappa shape index (κ2) is 12.8. The molecule has 0 spiro atoms. The summed E-state index contributed by atoms with van der Waals surface area (Å²) in [6, 6.07) is 16.3. The van der Waals surface area contributed by atoms with Crippen molar-refractivity contribution in [3.63, 3.8) is 0 Å². The molecule has 1 atom stereocenters. The van der Waals surface area contributed by atoms with Crippen LogP contribution in [0.5, 0.6) is 5.75 Å². The maximum atomic E-state index is 13.5. The Labute approximate surface area is 208 Å². The normalized spacial score (nSPS) is 20.9. The minimum absolute atomic E-state index is 0.111. The Kier molecular flexibility index (Phi) is 9.84. The standard InChI is InChI=1S/C27H36N2O4S/c1-3-32-22-12-10-21(11-13-22)28-25(30)24(18-20-8-6-5-7-9-20)29-26(31)27(19-34)16-14-23(15-17-27)33-4-2/h5-13,23-24,34H,3-4,14-19H2,1-2H3,(H,28,30)(H,29,31)/t23-,24-,27+/m0/s1. The van der Waals surface area contributed by atoms with Crippen LogP contribution in [0.2, 0.25) is 0 Å². The highest BCUT2D eigenvalue weighted by Gasteiger charge is 2.42. The quantitative estimate of drug-likeness (QED) is 0.406. The molecule has 0 aromatic heterocycles. The monoisotopic (exact) mass is 484 g/mol. The first-order chi connectivity index (χ1) is 16.5. The van der Waals surface area contributed by atoms with Crippen LogP contribution in [0, 0.1) is 5.41 Å². The summed E-state index contributed by atoms with van der Waals surface area (Å²) >= 11 is 4.54. The van der Waals surface area contributed by atoms with E-state index in [0.717, 1.165) is 24.2 Å². The molecule has 2 amide bonds. The van der Waals surface area contributed by atoms with Gasteiger partial charge in [0.2, 0.25) is 11.8 Å². The van der Waals surface area contributed by atoms with E-state index >= 15 is 0 Å². The summed E-state index contributed by atoms with van der Waals surface area (Å²) in [4.78, 5) is 26.8. The number of carbonyl (C=O) groups is 2. The summed E-state index contributed by atoms with van der Waals surface area (Å²) in [6.07, 6.45) is 3.64. The largest absolute Gasteiger partial charge is 0.494 e. The summed E-state index contributed by atoms with van der Waals surface area (Å²) in [6.45, 7) is 5.17. The fraction of sp³-hybridized carbons (Fsp3) is 0.481. The molecule has 1 saturated carbocycles. The number of benzene rings is 2. The van der Waals surface area contributed by atoms with Crippen LogP contribution in [0.15, 0.2) is 54.6 Å².